The van der Waals surface area contributed by atoms with Crippen molar-refractivity contribution in [1.29, 1.82) is 0 Å². The molecule has 0 unspecified atom stereocenters. The predicted octanol–water partition coefficient (Wildman–Crippen LogP) is 6.17. The van der Waals surface area contributed by atoms with E-state index in [0.29, 0.717) is 0 Å². The lowest BCUT2D eigenvalue weighted by Gasteiger charge is -2.33. The standard InChI is InChI=1S/C21H22N2OS2/c1-5-13-6-11-17-16(12-13)18-19(21(2,3)22-17)26-23(20(18)25)14-7-9-15(24-4)10-8-14/h6-12,22H,5H2,1-4H3. The minimum absolute atomic E-state index is 0.161. The van der Waals surface area contributed by atoms with Crippen LogP contribution in [-0.4, -0.2) is 11.1 Å². The van der Waals surface area contributed by atoms with Crippen LogP contribution in [0.25, 0.3) is 16.8 Å². The summed E-state index contributed by atoms with van der Waals surface area (Å²) >= 11 is 7.65. The van der Waals surface area contributed by atoms with Gasteiger partial charge in [0.05, 0.1) is 23.2 Å². The molecule has 2 heterocycles. The van der Waals surface area contributed by atoms with E-state index in [0.717, 1.165) is 28.2 Å². The average molecular weight is 383 g/mol. The number of fused-ring (bicyclic) bond motifs is 3. The molecule has 1 aromatic heterocycles. The van der Waals surface area contributed by atoms with Gasteiger partial charge in [0.15, 0.2) is 0 Å². The van der Waals surface area contributed by atoms with Gasteiger partial charge in [0, 0.05) is 16.8 Å². The van der Waals surface area contributed by atoms with E-state index in [1.807, 2.05) is 12.1 Å². The van der Waals surface area contributed by atoms with Gasteiger partial charge < -0.3 is 10.1 Å². The maximum atomic E-state index is 5.93. The summed E-state index contributed by atoms with van der Waals surface area (Å²) in [5.74, 6) is 0.849. The Hall–Kier alpha value is -2.11. The zero-order chi connectivity index (χ0) is 18.5. The van der Waals surface area contributed by atoms with Crippen molar-refractivity contribution < 1.29 is 4.74 Å². The number of anilines is 1. The molecular formula is C21H22N2OS2. The number of hydrogen-bond donors (Lipinski definition) is 1. The molecule has 0 amide bonds. The summed E-state index contributed by atoms with van der Waals surface area (Å²) in [6.07, 6.45) is 1.02. The fraction of sp³-hybridized carbons (Fsp3) is 0.286. The molecule has 5 heteroatoms. The van der Waals surface area contributed by atoms with Gasteiger partial charge in [-0.1, -0.05) is 36.7 Å². The lowest BCUT2D eigenvalue weighted by molar-refractivity contribution is 0.415. The summed E-state index contributed by atoms with van der Waals surface area (Å²) < 4.78 is 8.30. The Kier molecular flexibility index (Phi) is 4.16. The second kappa shape index (κ2) is 6.25. The number of aromatic nitrogens is 1. The summed E-state index contributed by atoms with van der Waals surface area (Å²) in [4.78, 5) is 1.28. The van der Waals surface area contributed by atoms with Crippen molar-refractivity contribution in [3.8, 4) is 22.6 Å². The minimum Gasteiger partial charge on any atom is -0.497 e. The molecule has 0 atom stereocenters. The topological polar surface area (TPSA) is 26.2 Å². The van der Waals surface area contributed by atoms with Gasteiger partial charge >= 0.3 is 0 Å². The lowest BCUT2D eigenvalue weighted by Crippen LogP contribution is -2.30. The highest BCUT2D eigenvalue weighted by atomic mass is 32.1. The molecule has 1 N–H and O–H groups in total. The van der Waals surface area contributed by atoms with E-state index >= 15 is 0 Å². The molecule has 26 heavy (non-hydrogen) atoms. The van der Waals surface area contributed by atoms with E-state index < -0.39 is 0 Å². The Morgan fingerprint density at radius 1 is 1.15 bits per heavy atom. The summed E-state index contributed by atoms with van der Waals surface area (Å²) in [6.45, 7) is 6.61. The van der Waals surface area contributed by atoms with Gasteiger partial charge in [-0.2, -0.15) is 0 Å². The van der Waals surface area contributed by atoms with Crippen molar-refractivity contribution in [2.24, 2.45) is 0 Å². The fourth-order valence-corrected chi connectivity index (χ4v) is 5.10. The van der Waals surface area contributed by atoms with Crippen LogP contribution in [0.4, 0.5) is 5.69 Å². The number of methoxy groups -OCH3 is 1. The van der Waals surface area contributed by atoms with E-state index in [-0.39, 0.29) is 5.54 Å². The molecule has 0 spiro atoms. The third-order valence-corrected chi connectivity index (χ3v) is 6.87. The number of nitrogens with zero attached hydrogens (tertiary/aromatic N) is 1. The predicted molar refractivity (Wildman–Crippen MR) is 112 cm³/mol. The summed E-state index contributed by atoms with van der Waals surface area (Å²) in [7, 11) is 1.68. The number of benzene rings is 2. The number of hydrogen-bond acceptors (Lipinski definition) is 4. The van der Waals surface area contributed by atoms with Crippen LogP contribution < -0.4 is 10.1 Å². The molecule has 1 aliphatic heterocycles. The van der Waals surface area contributed by atoms with Crippen LogP contribution >= 0.6 is 23.8 Å². The molecule has 0 fully saturated rings. The second-order valence-corrected chi connectivity index (χ2v) is 8.42. The van der Waals surface area contributed by atoms with Crippen molar-refractivity contribution in [1.82, 2.24) is 3.96 Å². The highest BCUT2D eigenvalue weighted by Gasteiger charge is 2.34. The van der Waals surface area contributed by atoms with Crippen LogP contribution in [0.1, 0.15) is 31.2 Å². The lowest BCUT2D eigenvalue weighted by atomic mass is 9.89. The Morgan fingerprint density at radius 3 is 2.54 bits per heavy atom. The highest BCUT2D eigenvalue weighted by Crippen LogP contribution is 2.47. The Bertz CT molecular complexity index is 1030. The van der Waals surface area contributed by atoms with Gasteiger partial charge in [-0.15, -0.1) is 0 Å². The van der Waals surface area contributed by atoms with Crippen molar-refractivity contribution in [2.75, 3.05) is 12.4 Å². The Balaban J connectivity index is 1.95. The van der Waals surface area contributed by atoms with Crippen LogP contribution in [-0.2, 0) is 12.0 Å². The number of rotatable bonds is 3. The van der Waals surface area contributed by atoms with Crippen LogP contribution in [0.5, 0.6) is 5.75 Å². The van der Waals surface area contributed by atoms with Gasteiger partial charge in [0.25, 0.3) is 0 Å². The normalized spacial score (nSPS) is 14.3. The van der Waals surface area contributed by atoms with Crippen LogP contribution in [0.2, 0.25) is 0 Å². The molecular weight excluding hydrogens is 360 g/mol. The molecule has 3 aromatic rings. The van der Waals surface area contributed by atoms with E-state index in [9.17, 15) is 0 Å². The van der Waals surface area contributed by atoms with Gasteiger partial charge in [-0.25, -0.2) is 0 Å². The molecule has 0 saturated heterocycles. The number of nitrogens with one attached hydrogen (secondary N) is 1. The van der Waals surface area contributed by atoms with E-state index in [2.05, 4.69) is 60.4 Å². The fourth-order valence-electron chi connectivity index (χ4n) is 3.45. The highest BCUT2D eigenvalue weighted by molar-refractivity contribution is 7.71. The van der Waals surface area contributed by atoms with Crippen LogP contribution in [0, 0.1) is 4.64 Å². The molecule has 4 rings (SSSR count). The third kappa shape index (κ3) is 2.66. The number of aryl methyl sites for hydroxylation is 1. The SMILES string of the molecule is CCc1ccc2c(c1)-c1c(sn(-c3ccc(OC)cc3)c1=S)C(C)(C)N2. The Morgan fingerprint density at radius 2 is 1.88 bits per heavy atom. The van der Waals surface area contributed by atoms with E-state index in [1.165, 1.54) is 21.6 Å². The van der Waals surface area contributed by atoms with Gasteiger partial charge in [-0.05, 0) is 62.2 Å². The maximum Gasteiger partial charge on any atom is 0.129 e. The van der Waals surface area contributed by atoms with Crippen molar-refractivity contribution >= 4 is 29.4 Å². The summed E-state index contributed by atoms with van der Waals surface area (Å²) in [6, 6.07) is 14.7. The smallest absolute Gasteiger partial charge is 0.129 e. The first-order valence-corrected chi connectivity index (χ1v) is 9.95. The molecule has 1 aliphatic rings. The van der Waals surface area contributed by atoms with Crippen LogP contribution in [0.15, 0.2) is 42.5 Å². The maximum absolute atomic E-state index is 5.93. The first-order chi connectivity index (χ1) is 12.4. The molecule has 2 aromatic carbocycles. The van der Waals surface area contributed by atoms with Crippen molar-refractivity contribution in [3.63, 3.8) is 0 Å². The molecule has 0 aliphatic carbocycles. The largest absolute Gasteiger partial charge is 0.497 e. The molecule has 0 bridgehead atoms. The third-order valence-electron chi connectivity index (χ3n) is 4.89. The molecule has 0 saturated carbocycles. The molecule has 134 valence electrons. The molecule has 0 radical (unpaired) electrons. The zero-order valence-corrected chi connectivity index (χ0v) is 17.1. The zero-order valence-electron chi connectivity index (χ0n) is 15.4. The van der Waals surface area contributed by atoms with Crippen molar-refractivity contribution in [2.45, 2.75) is 32.7 Å². The van der Waals surface area contributed by atoms with E-state index in [4.69, 9.17) is 17.0 Å². The molecule has 3 nitrogen and oxygen atoms in total. The quantitative estimate of drug-likeness (QED) is 0.549. The number of ether oxygens (including phenoxy) is 1. The van der Waals surface area contributed by atoms with Crippen LogP contribution in [0.3, 0.4) is 0 Å². The summed E-state index contributed by atoms with van der Waals surface area (Å²) in [5, 5.41) is 3.68. The Labute approximate surface area is 163 Å². The minimum atomic E-state index is -0.161. The van der Waals surface area contributed by atoms with Gasteiger partial charge in [0.1, 0.15) is 10.4 Å². The first kappa shape index (κ1) is 17.3. The van der Waals surface area contributed by atoms with Gasteiger partial charge in [-0.3, -0.25) is 3.96 Å². The van der Waals surface area contributed by atoms with E-state index in [1.54, 1.807) is 18.6 Å². The monoisotopic (exact) mass is 382 g/mol. The summed E-state index contributed by atoms with van der Waals surface area (Å²) in [5.41, 5.74) is 5.80. The second-order valence-electron chi connectivity index (χ2n) is 7.08. The van der Waals surface area contributed by atoms with Gasteiger partial charge in [0.2, 0.25) is 0 Å². The average Bonchev–Trinajstić information content (AvgIpc) is 3.00. The van der Waals surface area contributed by atoms with Crippen molar-refractivity contribution in [3.05, 3.63) is 57.5 Å². The first-order valence-electron chi connectivity index (χ1n) is 8.77.